The Morgan fingerprint density at radius 1 is 1.39 bits per heavy atom. The van der Waals surface area contributed by atoms with Crippen molar-refractivity contribution in [3.8, 4) is 0 Å². The summed E-state index contributed by atoms with van der Waals surface area (Å²) in [6.07, 6.45) is 3.16. The van der Waals surface area contributed by atoms with Crippen molar-refractivity contribution in [3.63, 3.8) is 0 Å². The van der Waals surface area contributed by atoms with E-state index in [1.54, 1.807) is 7.11 Å². The summed E-state index contributed by atoms with van der Waals surface area (Å²) in [5.74, 6) is 0. The molecule has 5 heteroatoms. The third-order valence-corrected chi connectivity index (χ3v) is 3.44. The van der Waals surface area contributed by atoms with E-state index in [0.717, 1.165) is 13.0 Å². The van der Waals surface area contributed by atoms with Crippen LogP contribution in [0.2, 0.25) is 0 Å². The van der Waals surface area contributed by atoms with Crippen LogP contribution in [-0.4, -0.2) is 68.2 Å². The van der Waals surface area contributed by atoms with Gasteiger partial charge in [-0.1, -0.05) is 6.42 Å². The minimum Gasteiger partial charge on any atom is -0.389 e. The molecule has 1 heterocycles. The van der Waals surface area contributed by atoms with Gasteiger partial charge in [0.1, 0.15) is 0 Å². The van der Waals surface area contributed by atoms with E-state index in [1.165, 1.54) is 12.8 Å². The van der Waals surface area contributed by atoms with E-state index < -0.39 is 6.10 Å². The maximum absolute atomic E-state index is 9.98. The number of aliphatic hydroxyl groups is 1. The summed E-state index contributed by atoms with van der Waals surface area (Å²) in [5, 5.41) is 9.98. The fourth-order valence-corrected chi connectivity index (χ4v) is 2.45. The topological polar surface area (TPSA) is 68.0 Å². The van der Waals surface area contributed by atoms with Gasteiger partial charge >= 0.3 is 0 Å². The van der Waals surface area contributed by atoms with Crippen molar-refractivity contribution >= 4 is 0 Å². The van der Waals surface area contributed by atoms with Gasteiger partial charge in [-0.25, -0.2) is 0 Å². The van der Waals surface area contributed by atoms with E-state index in [0.29, 0.717) is 32.3 Å². The van der Waals surface area contributed by atoms with Gasteiger partial charge in [-0.2, -0.15) is 0 Å². The third kappa shape index (κ3) is 5.63. The van der Waals surface area contributed by atoms with Crippen LogP contribution in [0.4, 0.5) is 0 Å². The molecule has 0 bridgehead atoms. The predicted molar refractivity (Wildman–Crippen MR) is 71.6 cm³/mol. The first kappa shape index (κ1) is 15.9. The van der Waals surface area contributed by atoms with Gasteiger partial charge in [0.15, 0.2) is 0 Å². The van der Waals surface area contributed by atoms with E-state index in [1.807, 2.05) is 6.92 Å². The number of hydrogen-bond donors (Lipinski definition) is 2. The van der Waals surface area contributed by atoms with Crippen molar-refractivity contribution in [3.05, 3.63) is 0 Å². The predicted octanol–water partition coefficient (Wildman–Crippen LogP) is 0.212. The number of likely N-dealkylation sites (tertiary alicyclic amines) is 1. The first-order valence-corrected chi connectivity index (χ1v) is 6.90. The van der Waals surface area contributed by atoms with Crippen molar-refractivity contribution in [2.75, 3.05) is 40.0 Å². The molecule has 0 saturated carbocycles. The highest BCUT2D eigenvalue weighted by Crippen LogP contribution is 2.16. The van der Waals surface area contributed by atoms with Crippen molar-refractivity contribution < 1.29 is 14.6 Å². The summed E-state index contributed by atoms with van der Waals surface area (Å²) in [4.78, 5) is 2.29. The van der Waals surface area contributed by atoms with Gasteiger partial charge in [-0.05, 0) is 26.3 Å². The molecule has 1 saturated heterocycles. The zero-order valence-electron chi connectivity index (χ0n) is 11.7. The molecule has 3 unspecified atom stereocenters. The highest BCUT2D eigenvalue weighted by atomic mass is 16.5. The number of piperidine rings is 1. The Bertz CT molecular complexity index is 216. The maximum atomic E-state index is 9.98. The molecule has 0 aromatic rings. The third-order valence-electron chi connectivity index (χ3n) is 3.44. The van der Waals surface area contributed by atoms with E-state index in [2.05, 4.69) is 4.90 Å². The standard InChI is InChI=1S/C13H28N2O3/c1-11(9-17-2)18-10-13(16)8-15-6-4-3-5-12(15)7-14/h11-13,16H,3-10,14H2,1-2H3. The normalized spacial score (nSPS) is 25.0. The first-order chi connectivity index (χ1) is 8.67. The number of rotatable bonds is 8. The SMILES string of the molecule is COCC(C)OCC(O)CN1CCCCC1CN. The number of aliphatic hydroxyl groups excluding tert-OH is 1. The Morgan fingerprint density at radius 3 is 2.83 bits per heavy atom. The molecule has 1 fully saturated rings. The minimum absolute atomic E-state index is 0.0244. The quantitative estimate of drug-likeness (QED) is 0.653. The summed E-state index contributed by atoms with van der Waals surface area (Å²) in [6.45, 7) is 5.22. The maximum Gasteiger partial charge on any atom is 0.0900 e. The molecular weight excluding hydrogens is 232 g/mol. The Balaban J connectivity index is 2.23. The fraction of sp³-hybridized carbons (Fsp3) is 1.00. The summed E-state index contributed by atoms with van der Waals surface area (Å²) in [6, 6.07) is 0.421. The van der Waals surface area contributed by atoms with Crippen LogP contribution < -0.4 is 5.73 Å². The molecule has 0 radical (unpaired) electrons. The number of β-amino-alcohol motifs (C(OH)–C–C–N with tert-alkyl or cyclic N) is 1. The molecule has 0 amide bonds. The number of hydrogen-bond acceptors (Lipinski definition) is 5. The summed E-state index contributed by atoms with van der Waals surface area (Å²) in [5.41, 5.74) is 5.76. The Labute approximate surface area is 110 Å². The summed E-state index contributed by atoms with van der Waals surface area (Å²) in [7, 11) is 1.65. The lowest BCUT2D eigenvalue weighted by Gasteiger charge is -2.36. The Kier molecular flexibility index (Phi) is 7.77. The molecule has 108 valence electrons. The lowest BCUT2D eigenvalue weighted by atomic mass is 10.0. The monoisotopic (exact) mass is 260 g/mol. The van der Waals surface area contributed by atoms with E-state index in [9.17, 15) is 5.11 Å². The van der Waals surface area contributed by atoms with Crippen LogP contribution in [0, 0.1) is 0 Å². The van der Waals surface area contributed by atoms with Gasteiger partial charge in [-0.3, -0.25) is 4.90 Å². The second kappa shape index (κ2) is 8.82. The van der Waals surface area contributed by atoms with Crippen molar-refractivity contribution in [1.29, 1.82) is 0 Å². The average Bonchev–Trinajstić information content (AvgIpc) is 2.37. The van der Waals surface area contributed by atoms with Crippen LogP contribution in [0.5, 0.6) is 0 Å². The zero-order chi connectivity index (χ0) is 13.4. The number of methoxy groups -OCH3 is 1. The second-order valence-corrected chi connectivity index (χ2v) is 5.13. The fourth-order valence-electron chi connectivity index (χ4n) is 2.45. The van der Waals surface area contributed by atoms with Gasteiger partial charge in [0, 0.05) is 26.2 Å². The lowest BCUT2D eigenvalue weighted by Crippen LogP contribution is -2.48. The largest absolute Gasteiger partial charge is 0.389 e. The molecule has 0 spiro atoms. The van der Waals surface area contributed by atoms with Crippen molar-refractivity contribution in [2.24, 2.45) is 5.73 Å². The molecule has 3 N–H and O–H groups in total. The molecule has 1 aliphatic heterocycles. The average molecular weight is 260 g/mol. The van der Waals surface area contributed by atoms with E-state index >= 15 is 0 Å². The first-order valence-electron chi connectivity index (χ1n) is 6.90. The van der Waals surface area contributed by atoms with E-state index in [4.69, 9.17) is 15.2 Å². The van der Waals surface area contributed by atoms with Crippen LogP contribution in [0.25, 0.3) is 0 Å². The van der Waals surface area contributed by atoms with Crippen LogP contribution in [0.1, 0.15) is 26.2 Å². The lowest BCUT2D eigenvalue weighted by molar-refractivity contribution is -0.0447. The molecule has 0 aromatic heterocycles. The molecule has 1 aliphatic rings. The Morgan fingerprint density at radius 2 is 2.17 bits per heavy atom. The molecule has 3 atom stereocenters. The molecule has 1 rings (SSSR count). The zero-order valence-corrected chi connectivity index (χ0v) is 11.7. The van der Waals surface area contributed by atoms with Crippen LogP contribution in [0.15, 0.2) is 0 Å². The smallest absolute Gasteiger partial charge is 0.0900 e. The second-order valence-electron chi connectivity index (χ2n) is 5.13. The van der Waals surface area contributed by atoms with Crippen LogP contribution in [-0.2, 0) is 9.47 Å². The Hall–Kier alpha value is -0.200. The molecule has 18 heavy (non-hydrogen) atoms. The van der Waals surface area contributed by atoms with Gasteiger partial charge in [0.2, 0.25) is 0 Å². The van der Waals surface area contributed by atoms with Crippen molar-refractivity contribution in [2.45, 2.75) is 44.4 Å². The van der Waals surface area contributed by atoms with Gasteiger partial charge in [-0.15, -0.1) is 0 Å². The number of nitrogens with zero attached hydrogens (tertiary/aromatic N) is 1. The van der Waals surface area contributed by atoms with E-state index in [-0.39, 0.29) is 6.10 Å². The molecule has 0 aliphatic carbocycles. The van der Waals surface area contributed by atoms with Gasteiger partial charge in [0.25, 0.3) is 0 Å². The minimum atomic E-state index is -0.448. The highest BCUT2D eigenvalue weighted by Gasteiger charge is 2.23. The number of ether oxygens (including phenoxy) is 2. The summed E-state index contributed by atoms with van der Waals surface area (Å²) >= 11 is 0. The molecule has 5 nitrogen and oxygen atoms in total. The van der Waals surface area contributed by atoms with Gasteiger partial charge in [0.05, 0.1) is 25.4 Å². The van der Waals surface area contributed by atoms with Gasteiger partial charge < -0.3 is 20.3 Å². The van der Waals surface area contributed by atoms with Crippen molar-refractivity contribution in [1.82, 2.24) is 4.90 Å². The van der Waals surface area contributed by atoms with Crippen LogP contribution >= 0.6 is 0 Å². The summed E-state index contributed by atoms with van der Waals surface area (Å²) < 4.78 is 10.5. The molecule has 0 aromatic carbocycles. The number of nitrogens with two attached hydrogens (primary N) is 1. The highest BCUT2D eigenvalue weighted by molar-refractivity contribution is 4.79. The molecular formula is C13H28N2O3. The van der Waals surface area contributed by atoms with Crippen LogP contribution in [0.3, 0.4) is 0 Å².